The summed E-state index contributed by atoms with van der Waals surface area (Å²) >= 11 is 0. The Hall–Kier alpha value is -3.85. The highest BCUT2D eigenvalue weighted by atomic mass is 31.2. The lowest BCUT2D eigenvalue weighted by Crippen LogP contribution is -2.37. The summed E-state index contributed by atoms with van der Waals surface area (Å²) in [6.07, 6.45) is 78.3. The molecule has 0 rings (SSSR count). The van der Waals surface area contributed by atoms with Crippen LogP contribution in [0.5, 0.6) is 0 Å². The summed E-state index contributed by atoms with van der Waals surface area (Å²) in [5.41, 5.74) is 0. The minimum Gasteiger partial charge on any atom is -0.462 e. The second-order valence-corrected chi connectivity index (χ2v) is 21.4. The number of allylic oxidation sites excluding steroid dienone is 22. The number of phosphoric ester groups is 1. The number of hydrogen-bond acceptors (Lipinski definition) is 7. The Balaban J connectivity index is 4.20. The van der Waals surface area contributed by atoms with E-state index < -0.39 is 32.5 Å². The summed E-state index contributed by atoms with van der Waals surface area (Å²) in [4.78, 5) is 35.6. The van der Waals surface area contributed by atoms with Crippen LogP contribution in [0.15, 0.2) is 134 Å². The Kier molecular flexibility index (Phi) is 51.2. The minimum atomic E-state index is -4.41. The number of unbranched alkanes of at least 4 members (excludes halogenated alkanes) is 15. The van der Waals surface area contributed by atoms with Gasteiger partial charge in [0.25, 0.3) is 0 Å². The zero-order valence-electron chi connectivity index (χ0n) is 47.5. The van der Waals surface area contributed by atoms with E-state index in [1.165, 1.54) is 83.5 Å². The predicted octanol–water partition coefficient (Wildman–Crippen LogP) is 18.1. The molecule has 0 aliphatic heterocycles. The number of esters is 2. The summed E-state index contributed by atoms with van der Waals surface area (Å²) < 4.78 is 34.4. The average Bonchev–Trinajstić information content (AvgIpc) is 3.36. The Morgan fingerprint density at radius 2 is 0.757 bits per heavy atom. The van der Waals surface area contributed by atoms with Crippen molar-refractivity contribution in [3.63, 3.8) is 0 Å². The maximum atomic E-state index is 12.8. The highest BCUT2D eigenvalue weighted by molar-refractivity contribution is 7.47. The largest absolute Gasteiger partial charge is 0.472 e. The molecule has 0 spiro atoms. The van der Waals surface area contributed by atoms with Crippen molar-refractivity contribution in [1.82, 2.24) is 0 Å². The molecule has 0 aliphatic carbocycles. The molecule has 0 aromatic carbocycles. The summed E-state index contributed by atoms with van der Waals surface area (Å²) in [6, 6.07) is 0. The second-order valence-electron chi connectivity index (χ2n) is 19.9. The lowest BCUT2D eigenvalue weighted by atomic mass is 10.0. The average molecular weight is 1050 g/mol. The van der Waals surface area contributed by atoms with Crippen LogP contribution in [0, 0.1) is 0 Å². The van der Waals surface area contributed by atoms with E-state index in [2.05, 4.69) is 135 Å². The first-order valence-electron chi connectivity index (χ1n) is 28.9. The third-order valence-corrected chi connectivity index (χ3v) is 12.7. The van der Waals surface area contributed by atoms with Crippen molar-refractivity contribution in [3.8, 4) is 0 Å². The van der Waals surface area contributed by atoms with Gasteiger partial charge in [-0.3, -0.25) is 18.6 Å². The van der Waals surface area contributed by atoms with E-state index in [9.17, 15) is 19.0 Å². The maximum absolute atomic E-state index is 12.8. The Labute approximate surface area is 453 Å². The van der Waals surface area contributed by atoms with Crippen molar-refractivity contribution in [3.05, 3.63) is 134 Å². The molecule has 0 fully saturated rings. The molecule has 0 aromatic rings. The number of carbonyl (C=O) groups is 2. The van der Waals surface area contributed by atoms with Gasteiger partial charge < -0.3 is 18.9 Å². The highest BCUT2D eigenvalue weighted by Crippen LogP contribution is 2.43. The van der Waals surface area contributed by atoms with Gasteiger partial charge in [-0.05, 0) is 96.3 Å². The van der Waals surface area contributed by atoms with Crippen LogP contribution in [-0.4, -0.2) is 74.9 Å². The van der Waals surface area contributed by atoms with Crippen molar-refractivity contribution in [2.24, 2.45) is 0 Å². The van der Waals surface area contributed by atoms with Crippen molar-refractivity contribution in [2.45, 2.75) is 213 Å². The molecule has 0 aromatic heterocycles. The van der Waals surface area contributed by atoms with E-state index >= 15 is 0 Å². The van der Waals surface area contributed by atoms with Gasteiger partial charge >= 0.3 is 19.8 Å². The van der Waals surface area contributed by atoms with Gasteiger partial charge in [-0.15, -0.1) is 0 Å². The van der Waals surface area contributed by atoms with Crippen LogP contribution in [0.1, 0.15) is 206 Å². The lowest BCUT2D eigenvalue weighted by molar-refractivity contribution is -0.870. The SMILES string of the molecule is CC/C=C\C/C=C\C/C=C\C/C=C\C/C=C\C/C=C\CCC(=O)OC(COC(=O)CCCCCCCCCCCCCCCCC/C=C\C/C=C\C/C=C\C/C=C\C/C=C\CC)COP(=O)(O)OCC[N+](C)(C)C. The highest BCUT2D eigenvalue weighted by Gasteiger charge is 2.27. The zero-order valence-corrected chi connectivity index (χ0v) is 48.4. The van der Waals surface area contributed by atoms with Gasteiger partial charge in [0, 0.05) is 12.8 Å². The maximum Gasteiger partial charge on any atom is 0.472 e. The van der Waals surface area contributed by atoms with Gasteiger partial charge in [0.1, 0.15) is 19.8 Å². The van der Waals surface area contributed by atoms with Crippen LogP contribution >= 0.6 is 7.82 Å². The van der Waals surface area contributed by atoms with Gasteiger partial charge in [0.05, 0.1) is 27.7 Å². The molecule has 9 nitrogen and oxygen atoms in total. The molecular weight excluding hydrogens is 942 g/mol. The van der Waals surface area contributed by atoms with Gasteiger partial charge in [0.15, 0.2) is 6.10 Å². The summed E-state index contributed by atoms with van der Waals surface area (Å²) in [7, 11) is 1.41. The standard InChI is InChI=1S/C64H106NO8P/c1-6-8-10-12-14-16-18-20-22-24-26-27-28-29-30-31-32-33-34-35-36-37-39-40-42-44-46-48-50-52-54-56-63(66)70-60-62(61-72-74(68,69)71-59-58-65(3,4)5)73-64(67)57-55-53-51-49-47-45-43-41-38-25-23-21-19-17-15-13-11-9-7-2/h8-11,14-17,20-23,26-27,29-30,38,41,45,47,51,53,62H,6-7,12-13,18-19,24-25,28,31-37,39-40,42-44,46,48-50,52,54-61H2,1-5H3/p+1/b10-8-,11-9-,16-14-,17-15-,22-20-,23-21-,27-26-,30-29-,41-38-,47-45-,53-51-. The number of quaternary nitrogens is 1. The molecule has 0 amide bonds. The number of likely N-dealkylation sites (N-methyl/N-ethyl adjacent to an activating group) is 1. The van der Waals surface area contributed by atoms with Crippen molar-refractivity contribution >= 4 is 19.8 Å². The molecule has 0 bridgehead atoms. The first kappa shape index (κ1) is 70.1. The molecule has 0 radical (unpaired) electrons. The number of ether oxygens (including phenoxy) is 2. The van der Waals surface area contributed by atoms with E-state index in [4.69, 9.17) is 18.5 Å². The minimum absolute atomic E-state index is 0.0116. The Morgan fingerprint density at radius 3 is 1.14 bits per heavy atom. The number of hydrogen-bond donors (Lipinski definition) is 1. The van der Waals surface area contributed by atoms with E-state index in [0.717, 1.165) is 89.9 Å². The molecule has 2 atom stereocenters. The fraction of sp³-hybridized carbons (Fsp3) is 0.625. The zero-order chi connectivity index (χ0) is 54.2. The van der Waals surface area contributed by atoms with Crippen LogP contribution < -0.4 is 0 Å². The predicted molar refractivity (Wildman–Crippen MR) is 316 cm³/mol. The Morgan fingerprint density at radius 1 is 0.419 bits per heavy atom. The van der Waals surface area contributed by atoms with Crippen LogP contribution in [0.2, 0.25) is 0 Å². The summed E-state index contributed by atoms with van der Waals surface area (Å²) in [6.45, 7) is 4.10. The molecule has 0 saturated heterocycles. The third kappa shape index (κ3) is 57.4. The molecular formula is C64H107NO8P+. The topological polar surface area (TPSA) is 108 Å². The number of phosphoric acid groups is 1. The van der Waals surface area contributed by atoms with Crippen molar-refractivity contribution < 1.29 is 42.1 Å². The normalized spacial score (nSPS) is 14.3. The first-order valence-corrected chi connectivity index (χ1v) is 30.4. The number of carbonyl (C=O) groups excluding carboxylic acids is 2. The molecule has 74 heavy (non-hydrogen) atoms. The Bertz CT molecular complexity index is 1710. The molecule has 0 heterocycles. The van der Waals surface area contributed by atoms with Crippen LogP contribution in [0.4, 0.5) is 0 Å². The summed E-state index contributed by atoms with van der Waals surface area (Å²) in [5, 5.41) is 0. The van der Waals surface area contributed by atoms with Crippen LogP contribution in [-0.2, 0) is 32.7 Å². The molecule has 10 heteroatoms. The molecule has 2 unspecified atom stereocenters. The second kappa shape index (κ2) is 54.0. The first-order chi connectivity index (χ1) is 36.0. The van der Waals surface area contributed by atoms with Gasteiger partial charge in [-0.25, -0.2) is 4.57 Å². The number of rotatable bonds is 51. The van der Waals surface area contributed by atoms with Crippen LogP contribution in [0.3, 0.4) is 0 Å². The fourth-order valence-electron chi connectivity index (χ4n) is 7.30. The molecule has 1 N–H and O–H groups in total. The number of nitrogens with zero attached hydrogens (tertiary/aromatic N) is 1. The molecule has 0 aliphatic rings. The van der Waals surface area contributed by atoms with Crippen molar-refractivity contribution in [1.29, 1.82) is 0 Å². The smallest absolute Gasteiger partial charge is 0.462 e. The third-order valence-electron chi connectivity index (χ3n) is 11.7. The van der Waals surface area contributed by atoms with Crippen molar-refractivity contribution in [2.75, 3.05) is 47.5 Å². The van der Waals surface area contributed by atoms with Gasteiger partial charge in [0.2, 0.25) is 0 Å². The monoisotopic (exact) mass is 1050 g/mol. The van der Waals surface area contributed by atoms with E-state index in [-0.39, 0.29) is 26.1 Å². The van der Waals surface area contributed by atoms with Crippen LogP contribution in [0.25, 0.3) is 0 Å². The van der Waals surface area contributed by atoms with E-state index in [1.807, 2.05) is 33.3 Å². The fourth-order valence-corrected chi connectivity index (χ4v) is 8.04. The lowest BCUT2D eigenvalue weighted by Gasteiger charge is -2.24. The quantitative estimate of drug-likeness (QED) is 0.0211. The van der Waals surface area contributed by atoms with Gasteiger partial charge in [-0.1, -0.05) is 231 Å². The van der Waals surface area contributed by atoms with Gasteiger partial charge in [-0.2, -0.15) is 0 Å². The van der Waals surface area contributed by atoms with E-state index in [0.29, 0.717) is 17.4 Å². The molecule has 420 valence electrons. The molecule has 0 saturated carbocycles. The van der Waals surface area contributed by atoms with E-state index in [1.54, 1.807) is 0 Å². The summed E-state index contributed by atoms with van der Waals surface area (Å²) in [5.74, 6) is -0.903.